The highest BCUT2D eigenvalue weighted by atomic mass is 19.1. The van der Waals surface area contributed by atoms with Crippen molar-refractivity contribution in [3.63, 3.8) is 0 Å². The fraction of sp³-hybridized carbons (Fsp3) is 0.111. The van der Waals surface area contributed by atoms with Gasteiger partial charge in [0.2, 0.25) is 0 Å². The molecule has 0 spiro atoms. The van der Waals surface area contributed by atoms with Gasteiger partial charge in [-0.25, -0.2) is 9.18 Å². The van der Waals surface area contributed by atoms with Crippen LogP contribution >= 0.6 is 0 Å². The van der Waals surface area contributed by atoms with E-state index in [2.05, 4.69) is 0 Å². The molecule has 0 bridgehead atoms. The zero-order valence-electron chi connectivity index (χ0n) is 7.70. The van der Waals surface area contributed by atoms with Crippen LogP contribution in [0.25, 0.3) is 0 Å². The Labute approximate surface area is 85.0 Å². The number of urea groups is 1. The van der Waals surface area contributed by atoms with Crippen LogP contribution in [-0.2, 0) is 4.79 Å². The molecule has 0 radical (unpaired) electrons. The number of ether oxygens (including phenoxy) is 1. The van der Waals surface area contributed by atoms with E-state index in [1.54, 1.807) is 0 Å². The van der Waals surface area contributed by atoms with Crippen LogP contribution in [0.2, 0.25) is 0 Å². The summed E-state index contributed by atoms with van der Waals surface area (Å²) in [7, 11) is 0. The third-order valence-electron chi connectivity index (χ3n) is 1.43. The summed E-state index contributed by atoms with van der Waals surface area (Å²) in [5.41, 5.74) is 4.70. The minimum atomic E-state index is -0.956. The summed E-state index contributed by atoms with van der Waals surface area (Å²) in [6.07, 6.45) is 0. The van der Waals surface area contributed by atoms with Crippen LogP contribution in [0, 0.1) is 5.82 Å². The zero-order valence-corrected chi connectivity index (χ0v) is 7.70. The molecule has 0 aliphatic heterocycles. The van der Waals surface area contributed by atoms with Gasteiger partial charge in [0.1, 0.15) is 11.6 Å². The molecule has 0 unspecified atom stereocenters. The van der Waals surface area contributed by atoms with Crippen LogP contribution < -0.4 is 15.8 Å². The number of hydrogen-bond donors (Lipinski definition) is 2. The Morgan fingerprint density at radius 3 is 2.80 bits per heavy atom. The van der Waals surface area contributed by atoms with Gasteiger partial charge in [-0.15, -0.1) is 0 Å². The van der Waals surface area contributed by atoms with Crippen molar-refractivity contribution in [3.05, 3.63) is 30.1 Å². The lowest BCUT2D eigenvalue weighted by Crippen LogP contribution is -2.38. The van der Waals surface area contributed by atoms with Crippen molar-refractivity contribution in [2.45, 2.75) is 0 Å². The molecule has 3 amide bonds. The van der Waals surface area contributed by atoms with Crippen molar-refractivity contribution in [2.75, 3.05) is 6.61 Å². The summed E-state index contributed by atoms with van der Waals surface area (Å²) in [5.74, 6) is -0.954. The van der Waals surface area contributed by atoms with E-state index in [-0.39, 0.29) is 5.75 Å². The maximum atomic E-state index is 12.6. The molecule has 0 saturated heterocycles. The molecule has 0 fully saturated rings. The number of rotatable bonds is 3. The molecule has 0 aliphatic carbocycles. The minimum Gasteiger partial charge on any atom is -0.484 e. The summed E-state index contributed by atoms with van der Waals surface area (Å²) in [6, 6.07) is 4.34. The average molecular weight is 212 g/mol. The lowest BCUT2D eigenvalue weighted by atomic mass is 10.3. The molecule has 1 aromatic rings. The van der Waals surface area contributed by atoms with Crippen LogP contribution in [-0.4, -0.2) is 18.5 Å². The van der Waals surface area contributed by atoms with Gasteiger partial charge in [0.15, 0.2) is 6.61 Å². The van der Waals surface area contributed by atoms with Crippen molar-refractivity contribution >= 4 is 11.9 Å². The first kappa shape index (κ1) is 11.0. The van der Waals surface area contributed by atoms with Gasteiger partial charge in [0.25, 0.3) is 5.91 Å². The van der Waals surface area contributed by atoms with Crippen LogP contribution in [0.15, 0.2) is 24.3 Å². The Kier molecular flexibility index (Phi) is 3.61. The normalized spacial score (nSPS) is 9.40. The fourth-order valence-corrected chi connectivity index (χ4v) is 0.879. The lowest BCUT2D eigenvalue weighted by molar-refractivity contribution is -0.121. The largest absolute Gasteiger partial charge is 0.484 e. The second-order valence-electron chi connectivity index (χ2n) is 2.66. The Balaban J connectivity index is 2.43. The molecule has 0 heterocycles. The van der Waals surface area contributed by atoms with E-state index in [0.29, 0.717) is 0 Å². The molecule has 1 aromatic carbocycles. The summed E-state index contributed by atoms with van der Waals surface area (Å²) >= 11 is 0. The molecule has 80 valence electrons. The third kappa shape index (κ3) is 4.08. The second-order valence-corrected chi connectivity index (χ2v) is 2.66. The fourth-order valence-electron chi connectivity index (χ4n) is 0.879. The zero-order chi connectivity index (χ0) is 11.3. The molecule has 0 aliphatic rings. The molecule has 0 saturated carbocycles. The molecule has 3 N–H and O–H groups in total. The summed E-state index contributed by atoms with van der Waals surface area (Å²) < 4.78 is 17.5. The number of nitrogens with one attached hydrogen (secondary N) is 1. The number of nitrogens with two attached hydrogens (primary N) is 1. The molecular formula is C9H9FN2O3. The Bertz CT molecular complexity index is 381. The van der Waals surface area contributed by atoms with E-state index in [1.807, 2.05) is 5.32 Å². The van der Waals surface area contributed by atoms with Crippen LogP contribution in [0.4, 0.5) is 9.18 Å². The number of hydrogen-bond acceptors (Lipinski definition) is 3. The van der Waals surface area contributed by atoms with Gasteiger partial charge in [0, 0.05) is 6.07 Å². The monoisotopic (exact) mass is 212 g/mol. The van der Waals surface area contributed by atoms with E-state index >= 15 is 0 Å². The maximum absolute atomic E-state index is 12.6. The van der Waals surface area contributed by atoms with Gasteiger partial charge >= 0.3 is 6.03 Å². The van der Waals surface area contributed by atoms with E-state index < -0.39 is 24.4 Å². The number of halogens is 1. The van der Waals surface area contributed by atoms with Gasteiger partial charge in [0.05, 0.1) is 0 Å². The Hall–Kier alpha value is -2.11. The number of carbonyl (C=O) groups excluding carboxylic acids is 2. The second kappa shape index (κ2) is 4.94. The van der Waals surface area contributed by atoms with Gasteiger partial charge in [-0.05, 0) is 12.1 Å². The number of imide groups is 1. The molecule has 0 atom stereocenters. The minimum absolute atomic E-state index is 0.203. The van der Waals surface area contributed by atoms with Crippen molar-refractivity contribution in [2.24, 2.45) is 5.73 Å². The standard InChI is InChI=1S/C9H9FN2O3/c10-6-2-1-3-7(4-6)15-5-8(13)12-9(11)14/h1-4H,5H2,(H3,11,12,13,14). The predicted octanol–water partition coefficient (Wildman–Crippen LogP) is 0.399. The van der Waals surface area contributed by atoms with Crippen LogP contribution in [0.1, 0.15) is 0 Å². The van der Waals surface area contributed by atoms with Crippen molar-refractivity contribution in [3.8, 4) is 5.75 Å². The molecule has 0 aromatic heterocycles. The predicted molar refractivity (Wildman–Crippen MR) is 49.6 cm³/mol. The highest BCUT2D eigenvalue weighted by Crippen LogP contribution is 2.11. The van der Waals surface area contributed by atoms with E-state index in [9.17, 15) is 14.0 Å². The van der Waals surface area contributed by atoms with E-state index in [1.165, 1.54) is 18.2 Å². The number of benzene rings is 1. The number of primary amides is 1. The van der Waals surface area contributed by atoms with Crippen LogP contribution in [0.5, 0.6) is 5.75 Å². The van der Waals surface area contributed by atoms with Crippen molar-refractivity contribution in [1.29, 1.82) is 0 Å². The third-order valence-corrected chi connectivity index (χ3v) is 1.43. The van der Waals surface area contributed by atoms with Gasteiger partial charge in [-0.2, -0.15) is 0 Å². The van der Waals surface area contributed by atoms with Crippen molar-refractivity contribution < 1.29 is 18.7 Å². The molecule has 6 heteroatoms. The first-order chi connectivity index (χ1) is 7.08. The summed E-state index contributed by atoms with van der Waals surface area (Å²) in [6.45, 7) is -0.396. The van der Waals surface area contributed by atoms with Gasteiger partial charge < -0.3 is 10.5 Å². The molecular weight excluding hydrogens is 203 g/mol. The van der Waals surface area contributed by atoms with E-state index in [0.717, 1.165) is 6.07 Å². The smallest absolute Gasteiger partial charge is 0.318 e. The number of amides is 3. The number of carbonyl (C=O) groups is 2. The average Bonchev–Trinajstić information content (AvgIpc) is 2.14. The first-order valence-corrected chi connectivity index (χ1v) is 4.05. The molecule has 1 rings (SSSR count). The Morgan fingerprint density at radius 1 is 1.47 bits per heavy atom. The highest BCUT2D eigenvalue weighted by molar-refractivity contribution is 5.94. The maximum Gasteiger partial charge on any atom is 0.318 e. The summed E-state index contributed by atoms with van der Waals surface area (Å²) in [4.78, 5) is 21.1. The lowest BCUT2D eigenvalue weighted by Gasteiger charge is -2.04. The quantitative estimate of drug-likeness (QED) is 0.760. The van der Waals surface area contributed by atoms with Crippen molar-refractivity contribution in [1.82, 2.24) is 5.32 Å². The summed E-state index contributed by atoms with van der Waals surface area (Å²) in [5, 5.41) is 1.81. The SMILES string of the molecule is NC(=O)NC(=O)COc1cccc(F)c1. The molecule has 5 nitrogen and oxygen atoms in total. The van der Waals surface area contributed by atoms with E-state index in [4.69, 9.17) is 10.5 Å². The Morgan fingerprint density at radius 2 is 2.20 bits per heavy atom. The first-order valence-electron chi connectivity index (χ1n) is 4.05. The topological polar surface area (TPSA) is 81.4 Å². The van der Waals surface area contributed by atoms with Gasteiger partial charge in [-0.1, -0.05) is 6.07 Å². The van der Waals surface area contributed by atoms with Crippen LogP contribution in [0.3, 0.4) is 0 Å². The van der Waals surface area contributed by atoms with Gasteiger partial charge in [-0.3, -0.25) is 10.1 Å². The highest BCUT2D eigenvalue weighted by Gasteiger charge is 2.05. The molecule has 15 heavy (non-hydrogen) atoms.